The Morgan fingerprint density at radius 3 is 3.12 bits per heavy atom. The first-order chi connectivity index (χ1) is 7.88. The molecule has 1 aromatic rings. The molecule has 4 heteroatoms. The number of aromatic nitrogens is 2. The maximum absolute atomic E-state index is 9.04. The van der Waals surface area contributed by atoms with Crippen molar-refractivity contribution in [1.82, 2.24) is 9.78 Å². The monoisotopic (exact) mass is 222 g/mol. The van der Waals surface area contributed by atoms with Gasteiger partial charge in [-0.1, -0.05) is 0 Å². The van der Waals surface area contributed by atoms with Gasteiger partial charge in [-0.05, 0) is 43.1 Å². The van der Waals surface area contributed by atoms with Gasteiger partial charge >= 0.3 is 0 Å². The Labute approximate surface area is 95.2 Å². The molecule has 1 N–H and O–H groups in total. The van der Waals surface area contributed by atoms with Crippen LogP contribution in [-0.4, -0.2) is 28.1 Å². The number of hydrogen-bond donors (Lipinski definition) is 1. The van der Waals surface area contributed by atoms with Crippen molar-refractivity contribution >= 4 is 0 Å². The molecule has 2 aliphatic rings. The summed E-state index contributed by atoms with van der Waals surface area (Å²) in [5, 5.41) is 13.4. The van der Waals surface area contributed by atoms with E-state index in [-0.39, 0.29) is 6.23 Å². The smallest absolute Gasteiger partial charge is 0.150 e. The van der Waals surface area contributed by atoms with Gasteiger partial charge in [0, 0.05) is 19.4 Å². The van der Waals surface area contributed by atoms with E-state index in [0.717, 1.165) is 19.4 Å². The van der Waals surface area contributed by atoms with Crippen molar-refractivity contribution in [2.45, 2.75) is 37.8 Å². The lowest BCUT2D eigenvalue weighted by Gasteiger charge is -2.22. The second-order valence-electron chi connectivity index (χ2n) is 4.86. The highest BCUT2D eigenvalue weighted by atomic mass is 16.5. The van der Waals surface area contributed by atoms with Crippen molar-refractivity contribution in [2.75, 3.05) is 13.2 Å². The van der Waals surface area contributed by atoms with Crippen LogP contribution in [0.2, 0.25) is 0 Å². The average molecular weight is 222 g/mol. The molecule has 1 aromatic heterocycles. The summed E-state index contributed by atoms with van der Waals surface area (Å²) in [5.74, 6) is 0.993. The summed E-state index contributed by atoms with van der Waals surface area (Å²) in [6.45, 7) is 1.15. The van der Waals surface area contributed by atoms with Crippen LogP contribution in [0, 0.1) is 5.92 Å². The highest BCUT2D eigenvalue weighted by molar-refractivity contribution is 5.20. The van der Waals surface area contributed by atoms with Crippen LogP contribution in [-0.2, 0) is 4.74 Å². The molecule has 1 saturated carbocycles. The first-order valence-electron chi connectivity index (χ1n) is 6.15. The summed E-state index contributed by atoms with van der Waals surface area (Å²) in [5.41, 5.74) is 1.26. The minimum Gasteiger partial charge on any atom is -0.396 e. The number of ether oxygens (including phenoxy) is 1. The third-order valence-electron chi connectivity index (χ3n) is 3.66. The molecule has 0 amide bonds. The number of aliphatic hydroxyl groups excluding tert-OH is 1. The predicted octanol–water partition coefficient (Wildman–Crippen LogP) is 1.68. The normalized spacial score (nSPS) is 33.9. The molecule has 0 spiro atoms. The molecule has 4 nitrogen and oxygen atoms in total. The van der Waals surface area contributed by atoms with Crippen LogP contribution in [0.15, 0.2) is 12.4 Å². The largest absolute Gasteiger partial charge is 0.396 e. The Kier molecular flexibility index (Phi) is 2.69. The molecular weight excluding hydrogens is 204 g/mol. The highest BCUT2D eigenvalue weighted by Crippen LogP contribution is 2.46. The van der Waals surface area contributed by atoms with Crippen LogP contribution in [0.25, 0.3) is 0 Å². The van der Waals surface area contributed by atoms with Crippen molar-refractivity contribution in [3.8, 4) is 0 Å². The molecule has 1 aliphatic heterocycles. The average Bonchev–Trinajstić information content (AvgIpc) is 2.98. The molecule has 1 saturated heterocycles. The van der Waals surface area contributed by atoms with Crippen molar-refractivity contribution in [1.29, 1.82) is 0 Å². The van der Waals surface area contributed by atoms with Gasteiger partial charge in [-0.25, -0.2) is 4.68 Å². The number of aliphatic hydroxyl groups is 1. The summed E-state index contributed by atoms with van der Waals surface area (Å²) >= 11 is 0. The molecular formula is C12H18N2O2. The van der Waals surface area contributed by atoms with Gasteiger partial charge in [0.1, 0.15) is 6.23 Å². The van der Waals surface area contributed by atoms with Gasteiger partial charge in [-0.2, -0.15) is 5.10 Å². The molecule has 1 aliphatic carbocycles. The highest BCUT2D eigenvalue weighted by Gasteiger charge is 2.38. The maximum atomic E-state index is 9.04. The van der Waals surface area contributed by atoms with E-state index in [9.17, 15) is 0 Å². The quantitative estimate of drug-likeness (QED) is 0.846. The second-order valence-corrected chi connectivity index (χ2v) is 4.86. The first-order valence-corrected chi connectivity index (χ1v) is 6.15. The van der Waals surface area contributed by atoms with E-state index in [1.165, 1.54) is 18.4 Å². The van der Waals surface area contributed by atoms with Crippen LogP contribution in [0.3, 0.4) is 0 Å². The van der Waals surface area contributed by atoms with E-state index in [4.69, 9.17) is 9.84 Å². The third-order valence-corrected chi connectivity index (χ3v) is 3.66. The van der Waals surface area contributed by atoms with Crippen LogP contribution < -0.4 is 0 Å². The van der Waals surface area contributed by atoms with Crippen LogP contribution in [0.5, 0.6) is 0 Å². The Morgan fingerprint density at radius 2 is 2.44 bits per heavy atom. The molecule has 3 atom stereocenters. The fourth-order valence-electron chi connectivity index (χ4n) is 2.49. The molecule has 88 valence electrons. The zero-order chi connectivity index (χ0) is 11.0. The van der Waals surface area contributed by atoms with Gasteiger partial charge in [-0.15, -0.1) is 0 Å². The fourth-order valence-corrected chi connectivity index (χ4v) is 2.49. The topological polar surface area (TPSA) is 47.3 Å². The number of hydrogen-bond acceptors (Lipinski definition) is 3. The molecule has 2 fully saturated rings. The number of nitrogens with zero attached hydrogens (tertiary/aromatic N) is 2. The van der Waals surface area contributed by atoms with Gasteiger partial charge < -0.3 is 9.84 Å². The lowest BCUT2D eigenvalue weighted by molar-refractivity contribution is -0.0395. The zero-order valence-electron chi connectivity index (χ0n) is 9.38. The Morgan fingerprint density at radius 1 is 1.50 bits per heavy atom. The minimum absolute atomic E-state index is 0.133. The van der Waals surface area contributed by atoms with Crippen molar-refractivity contribution in [2.24, 2.45) is 5.92 Å². The van der Waals surface area contributed by atoms with E-state index in [1.54, 1.807) is 0 Å². The lowest BCUT2D eigenvalue weighted by atomic mass is 10.2. The van der Waals surface area contributed by atoms with E-state index in [2.05, 4.69) is 11.3 Å². The summed E-state index contributed by atoms with van der Waals surface area (Å²) in [4.78, 5) is 0. The van der Waals surface area contributed by atoms with Crippen LogP contribution in [0.1, 0.15) is 43.4 Å². The maximum Gasteiger partial charge on any atom is 0.150 e. The zero-order valence-corrected chi connectivity index (χ0v) is 9.38. The molecule has 2 heterocycles. The fraction of sp³-hybridized carbons (Fsp3) is 0.750. The SMILES string of the molecule is OCC1CC1c1cnn(C2CCCCO2)c1. The van der Waals surface area contributed by atoms with Crippen molar-refractivity contribution in [3.05, 3.63) is 18.0 Å². The molecule has 0 bridgehead atoms. The van der Waals surface area contributed by atoms with Crippen molar-refractivity contribution < 1.29 is 9.84 Å². The van der Waals surface area contributed by atoms with E-state index in [0.29, 0.717) is 18.4 Å². The molecule has 16 heavy (non-hydrogen) atoms. The standard InChI is InChI=1S/C12H18N2O2/c15-8-9-5-11(9)10-6-13-14(7-10)12-3-1-2-4-16-12/h6-7,9,11-12,15H,1-5,8H2. The lowest BCUT2D eigenvalue weighted by Crippen LogP contribution is -2.18. The molecule has 3 rings (SSSR count). The van der Waals surface area contributed by atoms with Gasteiger partial charge in [-0.3, -0.25) is 0 Å². The summed E-state index contributed by atoms with van der Waals surface area (Å²) in [7, 11) is 0. The molecule has 0 aromatic carbocycles. The minimum atomic E-state index is 0.133. The Balaban J connectivity index is 1.68. The first kappa shape index (κ1) is 10.3. The van der Waals surface area contributed by atoms with Gasteiger partial charge in [0.2, 0.25) is 0 Å². The van der Waals surface area contributed by atoms with Gasteiger partial charge in [0.25, 0.3) is 0 Å². The summed E-state index contributed by atoms with van der Waals surface area (Å²) < 4.78 is 7.63. The number of rotatable bonds is 3. The van der Waals surface area contributed by atoms with Gasteiger partial charge in [0.05, 0.1) is 6.20 Å². The predicted molar refractivity (Wildman–Crippen MR) is 59.0 cm³/mol. The van der Waals surface area contributed by atoms with Crippen molar-refractivity contribution in [3.63, 3.8) is 0 Å². The van der Waals surface area contributed by atoms with Gasteiger partial charge in [0.15, 0.2) is 0 Å². The third kappa shape index (κ3) is 1.87. The van der Waals surface area contributed by atoms with Crippen LogP contribution in [0.4, 0.5) is 0 Å². The molecule has 3 unspecified atom stereocenters. The summed E-state index contributed by atoms with van der Waals surface area (Å²) in [6, 6.07) is 0. The second kappa shape index (κ2) is 4.18. The van der Waals surface area contributed by atoms with Crippen LogP contribution >= 0.6 is 0 Å². The molecule has 0 radical (unpaired) electrons. The Hall–Kier alpha value is -0.870. The van der Waals surface area contributed by atoms with E-state index >= 15 is 0 Å². The summed E-state index contributed by atoms with van der Waals surface area (Å²) in [6.07, 6.45) is 8.72. The Bertz CT molecular complexity index is 358. The van der Waals surface area contributed by atoms with E-state index in [1.807, 2.05) is 10.9 Å². The van der Waals surface area contributed by atoms with E-state index < -0.39 is 0 Å².